The summed E-state index contributed by atoms with van der Waals surface area (Å²) in [5, 5.41) is 8.76. The first-order chi connectivity index (χ1) is 8.56. The van der Waals surface area contributed by atoms with Gasteiger partial charge < -0.3 is 9.84 Å². The summed E-state index contributed by atoms with van der Waals surface area (Å²) in [5.41, 5.74) is 0.706. The van der Waals surface area contributed by atoms with Gasteiger partial charge >= 0.3 is 11.9 Å². The molecule has 0 saturated carbocycles. The molecule has 0 saturated heterocycles. The number of allylic oxidation sites excluding steroid dienone is 1. The van der Waals surface area contributed by atoms with Gasteiger partial charge in [-0.25, -0.2) is 9.59 Å². The lowest BCUT2D eigenvalue weighted by Gasteiger charge is -2.12. The van der Waals surface area contributed by atoms with Gasteiger partial charge in [0.2, 0.25) is 0 Å². The van der Waals surface area contributed by atoms with Crippen molar-refractivity contribution in [3.63, 3.8) is 0 Å². The Morgan fingerprint density at radius 3 is 2.44 bits per heavy atom. The quantitative estimate of drug-likeness (QED) is 0.376. The Morgan fingerprint density at radius 1 is 1.33 bits per heavy atom. The molecule has 0 aromatic heterocycles. The number of hydrogen-bond donors (Lipinski definition) is 1. The van der Waals surface area contributed by atoms with Crippen LogP contribution in [0.5, 0.6) is 0 Å². The molecule has 0 radical (unpaired) electrons. The fourth-order valence-corrected chi connectivity index (χ4v) is 1.48. The summed E-state index contributed by atoms with van der Waals surface area (Å²) in [7, 11) is 0. The summed E-state index contributed by atoms with van der Waals surface area (Å²) >= 11 is 0. The van der Waals surface area contributed by atoms with Gasteiger partial charge in [0, 0.05) is 5.92 Å². The number of aliphatic carboxylic acids is 1. The zero-order valence-corrected chi connectivity index (χ0v) is 10.4. The van der Waals surface area contributed by atoms with Crippen LogP contribution >= 0.6 is 0 Å². The van der Waals surface area contributed by atoms with Crippen LogP contribution in [0.1, 0.15) is 25.3 Å². The van der Waals surface area contributed by atoms with Gasteiger partial charge in [0.05, 0.1) is 6.61 Å². The van der Waals surface area contributed by atoms with E-state index in [1.54, 1.807) is 0 Å². The van der Waals surface area contributed by atoms with E-state index in [-0.39, 0.29) is 18.1 Å². The fourth-order valence-electron chi connectivity index (χ4n) is 1.48. The van der Waals surface area contributed by atoms with Gasteiger partial charge in [0.15, 0.2) is 0 Å². The van der Waals surface area contributed by atoms with Crippen LogP contribution in [-0.2, 0) is 14.3 Å². The lowest BCUT2D eigenvalue weighted by Crippen LogP contribution is -2.17. The van der Waals surface area contributed by atoms with Gasteiger partial charge in [-0.1, -0.05) is 43.3 Å². The van der Waals surface area contributed by atoms with Crippen molar-refractivity contribution in [2.24, 2.45) is 0 Å². The van der Waals surface area contributed by atoms with Crippen molar-refractivity contribution in [1.29, 1.82) is 0 Å². The molecule has 0 heterocycles. The number of hydrogen-bond acceptors (Lipinski definition) is 3. The SMILES string of the molecule is CC=C(C(=O)O)C(=O)OCC(C)c1ccccc1. The fraction of sp³-hybridized carbons (Fsp3) is 0.286. The highest BCUT2D eigenvalue weighted by atomic mass is 16.5. The zero-order chi connectivity index (χ0) is 13.5. The Labute approximate surface area is 106 Å². The average Bonchev–Trinajstić information content (AvgIpc) is 2.37. The monoisotopic (exact) mass is 248 g/mol. The molecule has 4 nitrogen and oxygen atoms in total. The maximum Gasteiger partial charge on any atom is 0.345 e. The molecule has 1 rings (SSSR count). The van der Waals surface area contributed by atoms with Crippen LogP contribution in [0.3, 0.4) is 0 Å². The van der Waals surface area contributed by atoms with Gasteiger partial charge in [-0.3, -0.25) is 0 Å². The molecule has 0 bridgehead atoms. The average molecular weight is 248 g/mol. The van der Waals surface area contributed by atoms with Crippen molar-refractivity contribution < 1.29 is 19.4 Å². The van der Waals surface area contributed by atoms with Crippen molar-refractivity contribution in [3.8, 4) is 0 Å². The molecule has 0 spiro atoms. The Balaban J connectivity index is 2.56. The summed E-state index contributed by atoms with van der Waals surface area (Å²) in [6.07, 6.45) is 1.23. The van der Waals surface area contributed by atoms with E-state index in [0.29, 0.717) is 0 Å². The van der Waals surface area contributed by atoms with Crippen molar-refractivity contribution in [1.82, 2.24) is 0 Å². The first-order valence-electron chi connectivity index (χ1n) is 5.68. The summed E-state index contributed by atoms with van der Waals surface area (Å²) < 4.78 is 4.98. The number of ether oxygens (including phenoxy) is 1. The molecule has 0 aliphatic carbocycles. The van der Waals surface area contributed by atoms with Crippen LogP contribution in [0.15, 0.2) is 42.0 Å². The van der Waals surface area contributed by atoms with Crippen LogP contribution in [0.25, 0.3) is 0 Å². The Kier molecular flexibility index (Phi) is 5.11. The zero-order valence-electron chi connectivity index (χ0n) is 10.4. The normalized spacial score (nSPS) is 12.9. The third-order valence-corrected chi connectivity index (χ3v) is 2.57. The number of carboxylic acid groups (broad SMARTS) is 1. The predicted octanol–water partition coefficient (Wildman–Crippen LogP) is 2.36. The van der Waals surface area contributed by atoms with Crippen molar-refractivity contribution in [2.75, 3.05) is 6.61 Å². The van der Waals surface area contributed by atoms with Gasteiger partial charge in [-0.15, -0.1) is 0 Å². The minimum atomic E-state index is -1.27. The Bertz CT molecular complexity index is 448. The third-order valence-electron chi connectivity index (χ3n) is 2.57. The van der Waals surface area contributed by atoms with Crippen LogP contribution in [0.4, 0.5) is 0 Å². The van der Waals surface area contributed by atoms with E-state index >= 15 is 0 Å². The maximum atomic E-state index is 11.5. The molecular weight excluding hydrogens is 232 g/mol. The minimum absolute atomic E-state index is 0.0297. The molecule has 96 valence electrons. The maximum absolute atomic E-state index is 11.5. The second kappa shape index (κ2) is 6.59. The number of carbonyl (C=O) groups excluding carboxylic acids is 1. The second-order valence-electron chi connectivity index (χ2n) is 3.92. The Morgan fingerprint density at radius 2 is 1.94 bits per heavy atom. The predicted molar refractivity (Wildman–Crippen MR) is 67.2 cm³/mol. The molecule has 0 fully saturated rings. The number of benzene rings is 1. The molecule has 0 amide bonds. The molecule has 4 heteroatoms. The molecular formula is C14H16O4. The van der Waals surface area contributed by atoms with E-state index in [9.17, 15) is 9.59 Å². The summed E-state index contributed by atoms with van der Waals surface area (Å²) in [5.74, 6) is -2.04. The molecule has 1 aromatic rings. The molecule has 0 aliphatic heterocycles. The van der Waals surface area contributed by atoms with Gasteiger partial charge in [-0.2, -0.15) is 0 Å². The van der Waals surface area contributed by atoms with E-state index in [2.05, 4.69) is 0 Å². The molecule has 1 unspecified atom stereocenters. The Hall–Kier alpha value is -2.10. The highest BCUT2D eigenvalue weighted by Crippen LogP contribution is 2.15. The largest absolute Gasteiger partial charge is 0.477 e. The lowest BCUT2D eigenvalue weighted by atomic mass is 10.0. The van der Waals surface area contributed by atoms with Crippen LogP contribution in [0.2, 0.25) is 0 Å². The highest BCUT2D eigenvalue weighted by Gasteiger charge is 2.18. The number of carbonyl (C=O) groups is 2. The van der Waals surface area contributed by atoms with E-state index in [0.717, 1.165) is 5.56 Å². The third kappa shape index (κ3) is 3.73. The summed E-state index contributed by atoms with van der Waals surface area (Å²) in [6.45, 7) is 3.57. The first-order valence-corrected chi connectivity index (χ1v) is 5.68. The number of esters is 1. The van der Waals surface area contributed by atoms with Crippen molar-refractivity contribution >= 4 is 11.9 Å². The van der Waals surface area contributed by atoms with Crippen LogP contribution in [0, 0.1) is 0 Å². The summed E-state index contributed by atoms with van der Waals surface area (Å²) in [6, 6.07) is 9.59. The van der Waals surface area contributed by atoms with E-state index < -0.39 is 11.9 Å². The molecule has 18 heavy (non-hydrogen) atoms. The van der Waals surface area contributed by atoms with Crippen LogP contribution in [-0.4, -0.2) is 23.7 Å². The second-order valence-corrected chi connectivity index (χ2v) is 3.92. The van der Waals surface area contributed by atoms with Gasteiger partial charge in [0.25, 0.3) is 0 Å². The number of carboxylic acids is 1. The standard InChI is InChI=1S/C14H16O4/c1-3-12(13(15)16)14(17)18-9-10(2)11-7-5-4-6-8-11/h3-8,10H,9H2,1-2H3,(H,15,16). The molecule has 1 N–H and O–H groups in total. The van der Waals surface area contributed by atoms with Gasteiger partial charge in [0.1, 0.15) is 5.57 Å². The first kappa shape index (κ1) is 14.0. The molecule has 1 atom stereocenters. The van der Waals surface area contributed by atoms with E-state index in [1.807, 2.05) is 37.3 Å². The van der Waals surface area contributed by atoms with Crippen molar-refractivity contribution in [2.45, 2.75) is 19.8 Å². The lowest BCUT2D eigenvalue weighted by molar-refractivity contribution is -0.144. The smallest absolute Gasteiger partial charge is 0.345 e. The summed E-state index contributed by atoms with van der Waals surface area (Å²) in [4.78, 5) is 22.2. The van der Waals surface area contributed by atoms with Crippen LogP contribution < -0.4 is 0 Å². The van der Waals surface area contributed by atoms with Crippen molar-refractivity contribution in [3.05, 3.63) is 47.5 Å². The number of rotatable bonds is 5. The molecule has 1 aromatic carbocycles. The van der Waals surface area contributed by atoms with E-state index in [4.69, 9.17) is 9.84 Å². The minimum Gasteiger partial charge on any atom is -0.477 e. The highest BCUT2D eigenvalue weighted by molar-refractivity contribution is 6.13. The van der Waals surface area contributed by atoms with Gasteiger partial charge in [-0.05, 0) is 12.5 Å². The topological polar surface area (TPSA) is 63.6 Å². The van der Waals surface area contributed by atoms with E-state index in [1.165, 1.54) is 13.0 Å². The molecule has 0 aliphatic rings.